The van der Waals surface area contributed by atoms with Crippen molar-refractivity contribution >= 4 is 17.5 Å². The van der Waals surface area contributed by atoms with Gasteiger partial charge in [-0.05, 0) is 33.1 Å². The van der Waals surface area contributed by atoms with E-state index >= 15 is 0 Å². The van der Waals surface area contributed by atoms with E-state index in [1.54, 1.807) is 4.90 Å². The van der Waals surface area contributed by atoms with Crippen LogP contribution in [0.1, 0.15) is 72.6 Å². The van der Waals surface area contributed by atoms with Crippen LogP contribution in [0.15, 0.2) is 0 Å². The van der Waals surface area contributed by atoms with Crippen LogP contribution in [0, 0.1) is 5.92 Å². The number of aliphatic hydroxyl groups excluding tert-OH is 1. The molecule has 1 N–H and O–H groups in total. The van der Waals surface area contributed by atoms with E-state index in [0.29, 0.717) is 58.1 Å². The highest BCUT2D eigenvalue weighted by Crippen LogP contribution is 2.20. The van der Waals surface area contributed by atoms with E-state index in [4.69, 9.17) is 4.74 Å². The Kier molecular flexibility index (Phi) is 10.0. The summed E-state index contributed by atoms with van der Waals surface area (Å²) in [6.45, 7) is 8.39. The van der Waals surface area contributed by atoms with Gasteiger partial charge in [0.1, 0.15) is 11.6 Å². The Balaban J connectivity index is 2.26. The fourth-order valence-corrected chi connectivity index (χ4v) is 3.08. The first kappa shape index (κ1) is 22.8. The van der Waals surface area contributed by atoms with Crippen molar-refractivity contribution < 1.29 is 24.2 Å². The molecule has 0 aromatic rings. The van der Waals surface area contributed by atoms with E-state index in [1.165, 1.54) is 0 Å². The number of β-amino-alcohol motifs (C(OH)–C–C–N with tert-alkyl or cyclic N) is 1. The number of Topliss-reactive ketones (excluding diaryl/α,β-unsaturated/α-hetero) is 2. The van der Waals surface area contributed by atoms with E-state index in [2.05, 4.69) is 0 Å². The highest BCUT2D eigenvalue weighted by atomic mass is 16.5. The third kappa shape index (κ3) is 8.41. The summed E-state index contributed by atoms with van der Waals surface area (Å²) >= 11 is 0. The second-order valence-corrected chi connectivity index (χ2v) is 7.84. The van der Waals surface area contributed by atoms with Crippen LogP contribution in [-0.4, -0.2) is 58.9 Å². The first-order chi connectivity index (χ1) is 12.2. The Morgan fingerprint density at radius 3 is 2.31 bits per heavy atom. The predicted molar refractivity (Wildman–Crippen MR) is 99.8 cm³/mol. The van der Waals surface area contributed by atoms with E-state index < -0.39 is 6.10 Å². The smallest absolute Gasteiger partial charge is 0.222 e. The molecule has 1 fully saturated rings. The lowest BCUT2D eigenvalue weighted by molar-refractivity contribution is -0.134. The molecule has 1 aliphatic heterocycles. The van der Waals surface area contributed by atoms with Crippen molar-refractivity contribution in [3.8, 4) is 0 Å². The lowest BCUT2D eigenvalue weighted by Crippen LogP contribution is -2.39. The van der Waals surface area contributed by atoms with Crippen molar-refractivity contribution in [3.63, 3.8) is 0 Å². The Bertz CT molecular complexity index is 475. The molecule has 1 aliphatic rings. The van der Waals surface area contributed by atoms with Gasteiger partial charge in [0, 0.05) is 38.1 Å². The number of aliphatic hydroxyl groups is 1. The maximum Gasteiger partial charge on any atom is 0.222 e. The second kappa shape index (κ2) is 11.4. The first-order valence-corrected chi connectivity index (χ1v) is 9.84. The molecule has 0 aromatic heterocycles. The predicted octanol–water partition coefficient (Wildman–Crippen LogP) is 2.51. The number of hydrogen-bond donors (Lipinski definition) is 1. The monoisotopic (exact) mass is 369 g/mol. The van der Waals surface area contributed by atoms with E-state index in [1.807, 2.05) is 27.7 Å². The number of likely N-dealkylation sites (tertiary alicyclic amines) is 1. The number of ether oxygens (including phenoxy) is 1. The van der Waals surface area contributed by atoms with E-state index in [0.717, 1.165) is 0 Å². The lowest BCUT2D eigenvalue weighted by Gasteiger charge is -2.25. The topological polar surface area (TPSA) is 83.9 Å². The van der Waals surface area contributed by atoms with Gasteiger partial charge in [0.15, 0.2) is 0 Å². The maximum atomic E-state index is 12.4. The van der Waals surface area contributed by atoms with E-state index in [-0.39, 0.29) is 35.5 Å². The number of carbonyl (C=O) groups excluding carboxylic acids is 3. The molecule has 0 aromatic carbocycles. The van der Waals surface area contributed by atoms with Gasteiger partial charge in [-0.25, -0.2) is 0 Å². The lowest BCUT2D eigenvalue weighted by atomic mass is 10.0. The quantitative estimate of drug-likeness (QED) is 0.534. The Morgan fingerprint density at radius 1 is 1.04 bits per heavy atom. The number of carbonyl (C=O) groups is 3. The molecule has 1 amide bonds. The molecule has 0 saturated carbocycles. The van der Waals surface area contributed by atoms with E-state index in [9.17, 15) is 19.5 Å². The summed E-state index contributed by atoms with van der Waals surface area (Å²) < 4.78 is 5.60. The van der Waals surface area contributed by atoms with Crippen LogP contribution in [0.3, 0.4) is 0 Å². The van der Waals surface area contributed by atoms with Crippen molar-refractivity contribution in [1.29, 1.82) is 0 Å². The fraction of sp³-hybridized carbons (Fsp3) is 0.850. The molecule has 6 nitrogen and oxygen atoms in total. The fourth-order valence-electron chi connectivity index (χ4n) is 3.08. The highest BCUT2D eigenvalue weighted by Gasteiger charge is 2.34. The summed E-state index contributed by atoms with van der Waals surface area (Å²) in [6, 6.07) is -0.0661. The third-order valence-corrected chi connectivity index (χ3v) is 4.73. The van der Waals surface area contributed by atoms with Crippen LogP contribution in [-0.2, 0) is 19.1 Å². The molecule has 1 heterocycles. The van der Waals surface area contributed by atoms with Gasteiger partial charge in [-0.15, -0.1) is 0 Å². The van der Waals surface area contributed by atoms with Gasteiger partial charge in [0.05, 0.1) is 24.9 Å². The Morgan fingerprint density at radius 2 is 1.69 bits per heavy atom. The number of rotatable bonds is 12. The Hall–Kier alpha value is -1.27. The zero-order valence-corrected chi connectivity index (χ0v) is 16.7. The zero-order chi connectivity index (χ0) is 19.7. The molecule has 0 aliphatic carbocycles. The molecule has 26 heavy (non-hydrogen) atoms. The molecule has 0 spiro atoms. The van der Waals surface area contributed by atoms with Crippen LogP contribution in [0.25, 0.3) is 0 Å². The highest BCUT2D eigenvalue weighted by molar-refractivity contribution is 5.86. The second-order valence-electron chi connectivity index (χ2n) is 7.84. The largest absolute Gasteiger partial charge is 0.391 e. The minimum absolute atomic E-state index is 0.0151. The molecule has 0 radical (unpaired) electrons. The summed E-state index contributed by atoms with van der Waals surface area (Å²) in [5.74, 6) is 0.201. The molecule has 2 atom stereocenters. The van der Waals surface area contributed by atoms with Crippen molar-refractivity contribution in [1.82, 2.24) is 4.90 Å². The average molecular weight is 370 g/mol. The SMILES string of the molecule is CC(C)OC[C@@H]1C[C@H](O)CN1C(=O)CCCCC(=O)CCC(=O)C(C)C. The third-order valence-electron chi connectivity index (χ3n) is 4.73. The number of ketones is 2. The van der Waals surface area contributed by atoms with Gasteiger partial charge in [-0.2, -0.15) is 0 Å². The molecule has 0 bridgehead atoms. The number of unbranched alkanes of at least 4 members (excludes halogenated alkanes) is 1. The molecule has 6 heteroatoms. The molecule has 0 unspecified atom stereocenters. The van der Waals surface area contributed by atoms with Crippen LogP contribution < -0.4 is 0 Å². The van der Waals surface area contributed by atoms with Gasteiger partial charge in [0.2, 0.25) is 5.91 Å². The summed E-state index contributed by atoms with van der Waals surface area (Å²) in [7, 11) is 0. The number of nitrogens with zero attached hydrogens (tertiary/aromatic N) is 1. The van der Waals surface area contributed by atoms with Crippen molar-refractivity contribution in [2.75, 3.05) is 13.2 Å². The number of hydrogen-bond acceptors (Lipinski definition) is 5. The van der Waals surface area contributed by atoms with Gasteiger partial charge >= 0.3 is 0 Å². The Labute approximate surface area is 157 Å². The number of amides is 1. The summed E-state index contributed by atoms with van der Waals surface area (Å²) in [4.78, 5) is 37.5. The van der Waals surface area contributed by atoms with Crippen LogP contribution >= 0.6 is 0 Å². The molecular weight excluding hydrogens is 334 g/mol. The summed E-state index contributed by atoms with van der Waals surface area (Å²) in [6.07, 6.45) is 2.89. The minimum atomic E-state index is -0.486. The van der Waals surface area contributed by atoms with Crippen molar-refractivity contribution in [2.24, 2.45) is 5.92 Å². The van der Waals surface area contributed by atoms with Crippen LogP contribution in [0.4, 0.5) is 0 Å². The van der Waals surface area contributed by atoms with Gasteiger partial charge in [0.25, 0.3) is 0 Å². The molecule has 1 rings (SSSR count). The average Bonchev–Trinajstić information content (AvgIpc) is 2.95. The standard InChI is InChI=1S/C20H35NO5/c1-14(2)19(24)10-9-17(22)7-5-6-8-20(25)21-12-18(23)11-16(21)13-26-15(3)4/h14-16,18,23H,5-13H2,1-4H3/t16-,18-/m0/s1. The normalized spacial score (nSPS) is 20.2. The minimum Gasteiger partial charge on any atom is -0.391 e. The van der Waals surface area contributed by atoms with Gasteiger partial charge in [-0.3, -0.25) is 14.4 Å². The zero-order valence-electron chi connectivity index (χ0n) is 16.7. The molecular formula is C20H35NO5. The molecule has 1 saturated heterocycles. The van der Waals surface area contributed by atoms with Crippen molar-refractivity contribution in [2.45, 2.75) is 90.9 Å². The van der Waals surface area contributed by atoms with Gasteiger partial charge in [-0.1, -0.05) is 13.8 Å². The first-order valence-electron chi connectivity index (χ1n) is 9.84. The van der Waals surface area contributed by atoms with Crippen molar-refractivity contribution in [3.05, 3.63) is 0 Å². The van der Waals surface area contributed by atoms with Crippen LogP contribution in [0.5, 0.6) is 0 Å². The molecule has 150 valence electrons. The van der Waals surface area contributed by atoms with Crippen LogP contribution in [0.2, 0.25) is 0 Å². The maximum absolute atomic E-state index is 12.4. The summed E-state index contributed by atoms with van der Waals surface area (Å²) in [5, 5.41) is 9.85. The summed E-state index contributed by atoms with van der Waals surface area (Å²) in [5.41, 5.74) is 0. The van der Waals surface area contributed by atoms with Gasteiger partial charge < -0.3 is 14.7 Å².